The first-order chi connectivity index (χ1) is 14.7. The average molecular weight is 403 g/mol. The summed E-state index contributed by atoms with van der Waals surface area (Å²) < 4.78 is 5.23. The van der Waals surface area contributed by atoms with Crippen molar-refractivity contribution >= 4 is 11.9 Å². The molecule has 2 aromatic carbocycles. The predicted molar refractivity (Wildman–Crippen MR) is 115 cm³/mol. The van der Waals surface area contributed by atoms with Gasteiger partial charge in [-0.25, -0.2) is 0 Å². The Labute approximate surface area is 176 Å². The molecule has 154 valence electrons. The molecule has 0 radical (unpaired) electrons. The number of piperidine rings is 1. The number of benzene rings is 2. The smallest absolute Gasteiger partial charge is 0.321 e. The van der Waals surface area contributed by atoms with E-state index < -0.39 is 0 Å². The molecule has 7 heteroatoms. The lowest BCUT2D eigenvalue weighted by Crippen LogP contribution is -2.32. The third kappa shape index (κ3) is 4.74. The third-order valence-electron chi connectivity index (χ3n) is 5.13. The first kappa shape index (κ1) is 19.8. The molecule has 1 amide bonds. The number of hydrogen-bond acceptors (Lipinski definition) is 6. The van der Waals surface area contributed by atoms with Crippen molar-refractivity contribution in [3.05, 3.63) is 66.0 Å². The molecule has 7 nitrogen and oxygen atoms in total. The average Bonchev–Trinajstić information content (AvgIpc) is 2.83. The number of methoxy groups -OCH3 is 1. The van der Waals surface area contributed by atoms with E-state index in [2.05, 4.69) is 25.2 Å². The second-order valence-electron chi connectivity index (χ2n) is 7.21. The molecule has 0 aliphatic carbocycles. The summed E-state index contributed by atoms with van der Waals surface area (Å²) in [5, 5.41) is 2.89. The molecule has 1 aromatic heterocycles. The van der Waals surface area contributed by atoms with Crippen molar-refractivity contribution < 1.29 is 9.53 Å². The van der Waals surface area contributed by atoms with Crippen LogP contribution in [0, 0.1) is 0 Å². The van der Waals surface area contributed by atoms with Gasteiger partial charge in [0.15, 0.2) is 5.82 Å². The first-order valence-corrected chi connectivity index (χ1v) is 10.2. The van der Waals surface area contributed by atoms with Crippen LogP contribution in [-0.2, 0) is 6.54 Å². The minimum atomic E-state index is -0.173. The highest BCUT2D eigenvalue weighted by Gasteiger charge is 2.17. The van der Waals surface area contributed by atoms with E-state index in [1.165, 1.54) is 13.5 Å². The molecule has 4 rings (SSSR count). The third-order valence-corrected chi connectivity index (χ3v) is 5.13. The van der Waals surface area contributed by atoms with E-state index >= 15 is 0 Å². The zero-order valence-electron chi connectivity index (χ0n) is 17.0. The van der Waals surface area contributed by atoms with Gasteiger partial charge in [0.2, 0.25) is 5.95 Å². The fourth-order valence-electron chi connectivity index (χ4n) is 3.50. The summed E-state index contributed by atoms with van der Waals surface area (Å²) in [6.07, 6.45) is 3.47. The maximum absolute atomic E-state index is 12.6. The Balaban J connectivity index is 1.43. The van der Waals surface area contributed by atoms with Gasteiger partial charge in [0.25, 0.3) is 5.91 Å². The van der Waals surface area contributed by atoms with Crippen LogP contribution in [0.5, 0.6) is 6.01 Å². The van der Waals surface area contributed by atoms with Gasteiger partial charge < -0.3 is 15.0 Å². The van der Waals surface area contributed by atoms with Crippen molar-refractivity contribution in [2.75, 3.05) is 25.1 Å². The van der Waals surface area contributed by atoms with Crippen molar-refractivity contribution in [3.63, 3.8) is 0 Å². The number of amides is 1. The van der Waals surface area contributed by atoms with Crippen molar-refractivity contribution in [1.82, 2.24) is 20.3 Å². The minimum Gasteiger partial charge on any atom is -0.467 e. The van der Waals surface area contributed by atoms with Crippen LogP contribution in [0.4, 0.5) is 5.95 Å². The topological polar surface area (TPSA) is 80.2 Å². The summed E-state index contributed by atoms with van der Waals surface area (Å²) in [7, 11) is 1.53. The Morgan fingerprint density at radius 2 is 1.63 bits per heavy atom. The van der Waals surface area contributed by atoms with E-state index in [1.54, 1.807) is 0 Å². The molecule has 1 N–H and O–H groups in total. The molecule has 3 aromatic rings. The normalized spacial score (nSPS) is 13.7. The fourth-order valence-corrected chi connectivity index (χ4v) is 3.50. The van der Waals surface area contributed by atoms with Gasteiger partial charge in [-0.3, -0.25) is 4.79 Å². The van der Waals surface area contributed by atoms with E-state index in [-0.39, 0.29) is 18.5 Å². The lowest BCUT2D eigenvalue weighted by atomic mass is 10.0. The number of hydrogen-bond donors (Lipinski definition) is 1. The molecule has 1 aliphatic heterocycles. The second-order valence-corrected chi connectivity index (χ2v) is 7.21. The van der Waals surface area contributed by atoms with Crippen LogP contribution in [0.2, 0.25) is 0 Å². The van der Waals surface area contributed by atoms with Crippen LogP contribution in [-0.4, -0.2) is 41.1 Å². The van der Waals surface area contributed by atoms with E-state index in [0.717, 1.165) is 37.1 Å². The number of carbonyl (C=O) groups excluding carboxylic acids is 1. The van der Waals surface area contributed by atoms with Gasteiger partial charge in [0.05, 0.1) is 13.7 Å². The summed E-state index contributed by atoms with van der Waals surface area (Å²) in [6, 6.07) is 17.9. The minimum absolute atomic E-state index is 0.173. The Morgan fingerprint density at radius 3 is 2.33 bits per heavy atom. The monoisotopic (exact) mass is 403 g/mol. The van der Waals surface area contributed by atoms with Gasteiger partial charge in [-0.2, -0.15) is 15.0 Å². The molecular formula is C23H25N5O2. The van der Waals surface area contributed by atoms with E-state index in [9.17, 15) is 4.79 Å². The highest BCUT2D eigenvalue weighted by molar-refractivity contribution is 5.94. The summed E-state index contributed by atoms with van der Waals surface area (Å²) in [6.45, 7) is 2.05. The lowest BCUT2D eigenvalue weighted by Gasteiger charge is -2.26. The maximum atomic E-state index is 12.6. The summed E-state index contributed by atoms with van der Waals surface area (Å²) in [5.41, 5.74) is 2.78. The molecule has 1 aliphatic rings. The molecule has 2 heterocycles. The number of nitrogens with zero attached hydrogens (tertiary/aromatic N) is 4. The standard InChI is InChI=1S/C23H25N5O2/c1-30-23-26-20(25-22(27-23)28-14-6-3-7-15-28)16-24-21(29)19-12-10-18(11-13-19)17-8-4-2-5-9-17/h2,4-5,8-13H,3,6-7,14-16H2,1H3,(H,24,29). The number of nitrogens with one attached hydrogen (secondary N) is 1. The number of anilines is 1. The van der Waals surface area contributed by atoms with Crippen molar-refractivity contribution in [2.24, 2.45) is 0 Å². The molecule has 0 spiro atoms. The van der Waals surface area contributed by atoms with Crippen LogP contribution >= 0.6 is 0 Å². The van der Waals surface area contributed by atoms with Crippen LogP contribution in [0.15, 0.2) is 54.6 Å². The SMILES string of the molecule is COc1nc(CNC(=O)c2ccc(-c3ccccc3)cc2)nc(N2CCCCC2)n1. The number of aromatic nitrogens is 3. The van der Waals surface area contributed by atoms with Gasteiger partial charge in [-0.05, 0) is 42.5 Å². The Hall–Kier alpha value is -3.48. The Kier molecular flexibility index (Phi) is 6.17. The van der Waals surface area contributed by atoms with Crippen molar-refractivity contribution in [1.29, 1.82) is 0 Å². The van der Waals surface area contributed by atoms with Gasteiger partial charge in [0.1, 0.15) is 0 Å². The molecule has 30 heavy (non-hydrogen) atoms. The molecule has 0 unspecified atom stereocenters. The highest BCUT2D eigenvalue weighted by atomic mass is 16.5. The molecule has 0 saturated carbocycles. The molecular weight excluding hydrogens is 378 g/mol. The van der Waals surface area contributed by atoms with E-state index in [0.29, 0.717) is 17.3 Å². The van der Waals surface area contributed by atoms with Crippen molar-refractivity contribution in [3.8, 4) is 17.1 Å². The van der Waals surface area contributed by atoms with E-state index in [1.807, 2.05) is 54.6 Å². The summed E-state index contributed by atoms with van der Waals surface area (Å²) >= 11 is 0. The van der Waals surface area contributed by atoms with Gasteiger partial charge in [0, 0.05) is 18.7 Å². The predicted octanol–water partition coefficient (Wildman–Crippen LogP) is 3.47. The lowest BCUT2D eigenvalue weighted by molar-refractivity contribution is 0.0949. The molecule has 0 bridgehead atoms. The van der Waals surface area contributed by atoms with Crippen LogP contribution in [0.3, 0.4) is 0 Å². The highest BCUT2D eigenvalue weighted by Crippen LogP contribution is 2.20. The molecule has 0 atom stereocenters. The van der Waals surface area contributed by atoms with Gasteiger partial charge in [-0.15, -0.1) is 0 Å². The Morgan fingerprint density at radius 1 is 0.933 bits per heavy atom. The van der Waals surface area contributed by atoms with E-state index in [4.69, 9.17) is 4.74 Å². The number of ether oxygens (including phenoxy) is 1. The van der Waals surface area contributed by atoms with Crippen LogP contribution in [0.25, 0.3) is 11.1 Å². The summed E-state index contributed by atoms with van der Waals surface area (Å²) in [5.74, 6) is 0.920. The zero-order valence-corrected chi connectivity index (χ0v) is 17.0. The zero-order chi connectivity index (χ0) is 20.8. The maximum Gasteiger partial charge on any atom is 0.321 e. The van der Waals surface area contributed by atoms with Crippen LogP contribution < -0.4 is 15.0 Å². The number of carbonyl (C=O) groups is 1. The molecule has 1 fully saturated rings. The fraction of sp³-hybridized carbons (Fsp3) is 0.304. The quantitative estimate of drug-likeness (QED) is 0.679. The first-order valence-electron chi connectivity index (χ1n) is 10.2. The van der Waals surface area contributed by atoms with Gasteiger partial charge >= 0.3 is 6.01 Å². The molecule has 1 saturated heterocycles. The summed E-state index contributed by atoms with van der Waals surface area (Å²) in [4.78, 5) is 27.9. The van der Waals surface area contributed by atoms with Gasteiger partial charge in [-0.1, -0.05) is 42.5 Å². The van der Waals surface area contributed by atoms with Crippen molar-refractivity contribution in [2.45, 2.75) is 25.8 Å². The second kappa shape index (κ2) is 9.35. The Bertz CT molecular complexity index is 986. The van der Waals surface area contributed by atoms with Crippen LogP contribution in [0.1, 0.15) is 35.4 Å². The largest absolute Gasteiger partial charge is 0.467 e. The number of rotatable bonds is 6.